The van der Waals surface area contributed by atoms with Gasteiger partial charge in [0.15, 0.2) is 5.82 Å². The Morgan fingerprint density at radius 2 is 1.05 bits per heavy atom. The van der Waals surface area contributed by atoms with Crippen LogP contribution in [0, 0.1) is 0 Å². The molecular weight excluding hydrogens is 538 g/mol. The van der Waals surface area contributed by atoms with Crippen LogP contribution in [0.3, 0.4) is 0 Å². The molecule has 0 unspecified atom stereocenters. The lowest BCUT2D eigenvalue weighted by Gasteiger charge is -2.15. The zero-order valence-electron chi connectivity index (χ0n) is 23.7. The lowest BCUT2D eigenvalue weighted by molar-refractivity contribution is 0.669. The fourth-order valence-corrected chi connectivity index (χ4v) is 6.49. The molecule has 4 nitrogen and oxygen atoms in total. The third-order valence-corrected chi connectivity index (χ3v) is 8.44. The number of benzene rings is 6. The van der Waals surface area contributed by atoms with Crippen LogP contribution in [0.1, 0.15) is 0 Å². The van der Waals surface area contributed by atoms with Crippen LogP contribution >= 0.6 is 0 Å². The number of hydrogen-bond acceptors (Lipinski definition) is 3. The number of fused-ring (bicyclic) bond motifs is 6. The molecule has 0 amide bonds. The molecule has 0 fully saturated rings. The number of hydrogen-bond donors (Lipinski definition) is 0. The van der Waals surface area contributed by atoms with Gasteiger partial charge in [0.25, 0.3) is 0 Å². The molecule has 0 saturated carbocycles. The van der Waals surface area contributed by atoms with Gasteiger partial charge in [-0.05, 0) is 42.5 Å². The van der Waals surface area contributed by atoms with Crippen LogP contribution in [0.2, 0.25) is 0 Å². The quantitative estimate of drug-likeness (QED) is 0.214. The lowest BCUT2D eigenvalue weighted by Crippen LogP contribution is -2.01. The van der Waals surface area contributed by atoms with Crippen LogP contribution in [0.25, 0.3) is 83.3 Å². The minimum Gasteiger partial charge on any atom is -0.456 e. The molecule has 6 aromatic carbocycles. The average Bonchev–Trinajstić information content (AvgIpc) is 3.64. The molecule has 0 aliphatic rings. The molecule has 0 spiro atoms. The molecule has 0 saturated heterocycles. The summed E-state index contributed by atoms with van der Waals surface area (Å²) in [5.41, 5.74) is 9.77. The van der Waals surface area contributed by atoms with E-state index in [1.165, 1.54) is 10.8 Å². The van der Waals surface area contributed by atoms with Gasteiger partial charge in [0.2, 0.25) is 0 Å². The maximum atomic E-state index is 6.25. The van der Waals surface area contributed by atoms with E-state index in [2.05, 4.69) is 114 Å². The zero-order valence-corrected chi connectivity index (χ0v) is 23.7. The largest absolute Gasteiger partial charge is 0.456 e. The van der Waals surface area contributed by atoms with Gasteiger partial charge in [-0.1, -0.05) is 109 Å². The Morgan fingerprint density at radius 1 is 0.455 bits per heavy atom. The van der Waals surface area contributed by atoms with Crippen molar-refractivity contribution in [3.8, 4) is 39.6 Å². The topological polar surface area (TPSA) is 43.9 Å². The van der Waals surface area contributed by atoms with Crippen molar-refractivity contribution in [3.63, 3.8) is 0 Å². The highest BCUT2D eigenvalue weighted by Gasteiger charge is 2.20. The standard InChI is InChI=1S/C40H25N3O/c1-2-13-26(14-3-1)32-25-33(29-19-12-24-38-39(29)31-18-7-11-23-37(31)44-38)42-40(41-32)30-17-6-10-22-36(30)43-34-20-8-4-15-27(34)28-16-5-9-21-35(28)43/h1-25H. The second-order valence-corrected chi connectivity index (χ2v) is 11.0. The van der Waals surface area contributed by atoms with E-state index in [4.69, 9.17) is 14.4 Å². The Bertz CT molecular complexity index is 2450. The summed E-state index contributed by atoms with van der Waals surface area (Å²) in [6.07, 6.45) is 0. The summed E-state index contributed by atoms with van der Waals surface area (Å²) < 4.78 is 8.58. The van der Waals surface area contributed by atoms with Crippen molar-refractivity contribution in [2.45, 2.75) is 0 Å². The minimum absolute atomic E-state index is 0.670. The predicted molar refractivity (Wildman–Crippen MR) is 180 cm³/mol. The van der Waals surface area contributed by atoms with E-state index < -0.39 is 0 Å². The van der Waals surface area contributed by atoms with E-state index in [0.717, 1.165) is 66.7 Å². The molecule has 206 valence electrons. The van der Waals surface area contributed by atoms with Crippen molar-refractivity contribution in [3.05, 3.63) is 152 Å². The fourth-order valence-electron chi connectivity index (χ4n) is 6.49. The van der Waals surface area contributed by atoms with Crippen LogP contribution in [-0.4, -0.2) is 14.5 Å². The van der Waals surface area contributed by atoms with Crippen LogP contribution in [0.15, 0.2) is 156 Å². The van der Waals surface area contributed by atoms with E-state index in [1.807, 2.05) is 42.5 Å². The van der Waals surface area contributed by atoms with Crippen molar-refractivity contribution >= 4 is 43.7 Å². The van der Waals surface area contributed by atoms with E-state index in [-0.39, 0.29) is 0 Å². The third kappa shape index (κ3) is 3.78. The van der Waals surface area contributed by atoms with E-state index in [1.54, 1.807) is 0 Å². The molecule has 0 atom stereocenters. The van der Waals surface area contributed by atoms with Gasteiger partial charge >= 0.3 is 0 Å². The smallest absolute Gasteiger partial charge is 0.162 e. The molecule has 0 radical (unpaired) electrons. The van der Waals surface area contributed by atoms with Crippen LogP contribution in [-0.2, 0) is 0 Å². The van der Waals surface area contributed by atoms with Gasteiger partial charge in [0, 0.05) is 38.2 Å². The number of para-hydroxylation sites is 4. The first kappa shape index (κ1) is 24.6. The van der Waals surface area contributed by atoms with Gasteiger partial charge in [-0.2, -0.15) is 0 Å². The molecular formula is C40H25N3O. The fraction of sp³-hybridized carbons (Fsp3) is 0. The first-order valence-corrected chi connectivity index (χ1v) is 14.8. The molecule has 9 rings (SSSR count). The highest BCUT2D eigenvalue weighted by Crippen LogP contribution is 2.39. The highest BCUT2D eigenvalue weighted by atomic mass is 16.3. The van der Waals surface area contributed by atoms with Crippen molar-refractivity contribution in [1.82, 2.24) is 14.5 Å². The summed E-state index contributed by atoms with van der Waals surface area (Å²) in [7, 11) is 0. The summed E-state index contributed by atoms with van der Waals surface area (Å²) in [6, 6.07) is 52.4. The maximum Gasteiger partial charge on any atom is 0.162 e. The molecule has 3 heterocycles. The Hall–Kier alpha value is -6.00. The van der Waals surface area contributed by atoms with E-state index >= 15 is 0 Å². The normalized spacial score (nSPS) is 11.6. The third-order valence-electron chi connectivity index (χ3n) is 8.44. The summed E-state index contributed by atoms with van der Waals surface area (Å²) in [4.78, 5) is 10.5. The summed E-state index contributed by atoms with van der Waals surface area (Å²) in [5.74, 6) is 0.670. The first-order chi connectivity index (χ1) is 21.8. The van der Waals surface area contributed by atoms with Crippen molar-refractivity contribution in [2.75, 3.05) is 0 Å². The molecule has 4 heteroatoms. The van der Waals surface area contributed by atoms with Gasteiger partial charge in [-0.3, -0.25) is 0 Å². The van der Waals surface area contributed by atoms with E-state index in [9.17, 15) is 0 Å². The van der Waals surface area contributed by atoms with Gasteiger partial charge in [-0.25, -0.2) is 9.97 Å². The second-order valence-electron chi connectivity index (χ2n) is 11.0. The second kappa shape index (κ2) is 9.79. The molecule has 0 N–H and O–H groups in total. The Labute approximate surface area is 253 Å². The first-order valence-electron chi connectivity index (χ1n) is 14.8. The highest BCUT2D eigenvalue weighted by molar-refractivity contribution is 6.12. The van der Waals surface area contributed by atoms with Crippen LogP contribution < -0.4 is 0 Å². The monoisotopic (exact) mass is 563 g/mol. The summed E-state index contributed by atoms with van der Waals surface area (Å²) in [6.45, 7) is 0. The van der Waals surface area contributed by atoms with Crippen LogP contribution in [0.5, 0.6) is 0 Å². The number of aromatic nitrogens is 3. The van der Waals surface area contributed by atoms with Gasteiger partial charge in [0.1, 0.15) is 11.2 Å². The number of nitrogens with zero attached hydrogens (tertiary/aromatic N) is 3. The maximum absolute atomic E-state index is 6.25. The number of furan rings is 1. The molecule has 3 aromatic heterocycles. The summed E-state index contributed by atoms with van der Waals surface area (Å²) in [5, 5.41) is 4.57. The molecule has 0 bridgehead atoms. The Balaban J connectivity index is 1.35. The van der Waals surface area contributed by atoms with Crippen LogP contribution in [0.4, 0.5) is 0 Å². The number of rotatable bonds is 4. The molecule has 44 heavy (non-hydrogen) atoms. The van der Waals surface area contributed by atoms with Gasteiger partial charge < -0.3 is 8.98 Å². The van der Waals surface area contributed by atoms with Gasteiger partial charge in [-0.15, -0.1) is 0 Å². The predicted octanol–water partition coefficient (Wildman–Crippen LogP) is 10.5. The SMILES string of the molecule is c1ccc(-c2cc(-c3cccc4oc5ccccc5c34)nc(-c3ccccc3-n3c4ccccc4c4ccccc43)n2)cc1. The average molecular weight is 564 g/mol. The zero-order chi connectivity index (χ0) is 29.0. The minimum atomic E-state index is 0.670. The van der Waals surface area contributed by atoms with Gasteiger partial charge in [0.05, 0.1) is 28.1 Å². The molecule has 0 aliphatic heterocycles. The summed E-state index contributed by atoms with van der Waals surface area (Å²) >= 11 is 0. The van der Waals surface area contributed by atoms with E-state index in [0.29, 0.717) is 5.82 Å². The van der Waals surface area contributed by atoms with Crippen molar-refractivity contribution in [2.24, 2.45) is 0 Å². The Kier molecular flexibility index (Phi) is 5.47. The lowest BCUT2D eigenvalue weighted by atomic mass is 10.0. The molecule has 0 aliphatic carbocycles. The van der Waals surface area contributed by atoms with Crippen molar-refractivity contribution < 1.29 is 4.42 Å². The molecule has 9 aromatic rings. The van der Waals surface area contributed by atoms with Crippen molar-refractivity contribution in [1.29, 1.82) is 0 Å². The Morgan fingerprint density at radius 3 is 1.84 bits per heavy atom.